The van der Waals surface area contributed by atoms with Crippen LogP contribution in [-0.4, -0.2) is 26.4 Å². The first-order valence-corrected chi connectivity index (χ1v) is 6.94. The minimum absolute atomic E-state index is 0.0372. The molecule has 0 saturated heterocycles. The number of hydrogen-bond donors (Lipinski definition) is 1. The highest BCUT2D eigenvalue weighted by Gasteiger charge is 2.23. The SMILES string of the molecule is CCn1ncc(Cl)c1C(NC)c1cnn2ccccc12. The van der Waals surface area contributed by atoms with Crippen molar-refractivity contribution < 1.29 is 0 Å². The quantitative estimate of drug-likeness (QED) is 0.803. The summed E-state index contributed by atoms with van der Waals surface area (Å²) in [6.45, 7) is 2.83. The molecule has 0 bridgehead atoms. The fraction of sp³-hybridized carbons (Fsp3) is 0.286. The van der Waals surface area contributed by atoms with Gasteiger partial charge in [-0.25, -0.2) is 4.52 Å². The van der Waals surface area contributed by atoms with Crippen LogP contribution in [0.15, 0.2) is 36.8 Å². The van der Waals surface area contributed by atoms with E-state index in [1.807, 2.05) is 46.8 Å². The third kappa shape index (κ3) is 1.99. The molecule has 1 unspecified atom stereocenters. The molecular formula is C14H16ClN5. The highest BCUT2D eigenvalue weighted by molar-refractivity contribution is 6.31. The number of rotatable bonds is 4. The molecule has 1 atom stereocenters. The first kappa shape index (κ1) is 13.1. The summed E-state index contributed by atoms with van der Waals surface area (Å²) in [6, 6.07) is 5.98. The van der Waals surface area contributed by atoms with Crippen molar-refractivity contribution in [3.63, 3.8) is 0 Å². The van der Waals surface area contributed by atoms with Gasteiger partial charge in [-0.1, -0.05) is 17.7 Å². The van der Waals surface area contributed by atoms with E-state index in [1.54, 1.807) is 6.20 Å². The lowest BCUT2D eigenvalue weighted by Crippen LogP contribution is -2.21. The van der Waals surface area contributed by atoms with Crippen LogP contribution in [-0.2, 0) is 6.54 Å². The standard InChI is InChI=1S/C14H16ClN5/c1-3-19-14(11(15)9-18-19)13(16-2)10-8-17-20-7-5-4-6-12(10)20/h4-9,13,16H,3H2,1-2H3. The highest BCUT2D eigenvalue weighted by atomic mass is 35.5. The van der Waals surface area contributed by atoms with Gasteiger partial charge in [-0.2, -0.15) is 10.2 Å². The molecule has 104 valence electrons. The summed E-state index contributed by atoms with van der Waals surface area (Å²) in [7, 11) is 1.92. The van der Waals surface area contributed by atoms with Crippen LogP contribution in [0.5, 0.6) is 0 Å². The molecule has 5 nitrogen and oxygen atoms in total. The Morgan fingerprint density at radius 1 is 1.30 bits per heavy atom. The molecule has 3 aromatic heterocycles. The van der Waals surface area contributed by atoms with E-state index in [-0.39, 0.29) is 6.04 Å². The zero-order valence-corrected chi connectivity index (χ0v) is 12.2. The molecule has 1 N–H and O–H groups in total. The zero-order chi connectivity index (χ0) is 14.1. The van der Waals surface area contributed by atoms with Gasteiger partial charge in [-0.3, -0.25) is 4.68 Å². The number of nitrogens with one attached hydrogen (secondary N) is 1. The molecule has 3 heterocycles. The van der Waals surface area contributed by atoms with Crippen LogP contribution in [0.4, 0.5) is 0 Å². The van der Waals surface area contributed by atoms with Gasteiger partial charge in [0.2, 0.25) is 0 Å². The summed E-state index contributed by atoms with van der Waals surface area (Å²) in [5.74, 6) is 0. The molecule has 3 aromatic rings. The lowest BCUT2D eigenvalue weighted by atomic mass is 10.1. The van der Waals surface area contributed by atoms with Crippen molar-refractivity contribution in [1.82, 2.24) is 24.7 Å². The van der Waals surface area contributed by atoms with Crippen LogP contribution in [0.25, 0.3) is 5.52 Å². The molecule has 20 heavy (non-hydrogen) atoms. The van der Waals surface area contributed by atoms with E-state index in [4.69, 9.17) is 11.6 Å². The lowest BCUT2D eigenvalue weighted by molar-refractivity contribution is 0.565. The average molecular weight is 290 g/mol. The smallest absolute Gasteiger partial charge is 0.0837 e. The Kier molecular flexibility index (Phi) is 3.46. The third-order valence-corrected chi connectivity index (χ3v) is 3.75. The largest absolute Gasteiger partial charge is 0.308 e. The monoisotopic (exact) mass is 289 g/mol. The number of fused-ring (bicyclic) bond motifs is 1. The van der Waals surface area contributed by atoms with E-state index in [0.29, 0.717) is 5.02 Å². The topological polar surface area (TPSA) is 47.2 Å². The van der Waals surface area contributed by atoms with Gasteiger partial charge in [0.1, 0.15) is 0 Å². The Labute approximate surface area is 122 Å². The van der Waals surface area contributed by atoms with Crippen LogP contribution >= 0.6 is 11.6 Å². The lowest BCUT2D eigenvalue weighted by Gasteiger charge is -2.17. The second-order valence-corrected chi connectivity index (χ2v) is 4.95. The number of aryl methyl sites for hydroxylation is 1. The summed E-state index contributed by atoms with van der Waals surface area (Å²) in [6.07, 6.45) is 5.50. The average Bonchev–Trinajstić information content (AvgIpc) is 3.06. The van der Waals surface area contributed by atoms with Gasteiger partial charge in [0.15, 0.2) is 0 Å². The molecule has 0 aliphatic rings. The number of nitrogens with zero attached hydrogens (tertiary/aromatic N) is 4. The van der Waals surface area contributed by atoms with E-state index >= 15 is 0 Å². The van der Waals surface area contributed by atoms with Gasteiger partial charge < -0.3 is 5.32 Å². The molecule has 3 rings (SSSR count). The molecule has 0 amide bonds. The maximum Gasteiger partial charge on any atom is 0.0837 e. The summed E-state index contributed by atoms with van der Waals surface area (Å²) in [5, 5.41) is 12.7. The van der Waals surface area contributed by atoms with Crippen molar-refractivity contribution in [1.29, 1.82) is 0 Å². The van der Waals surface area contributed by atoms with Crippen molar-refractivity contribution in [3.8, 4) is 0 Å². The fourth-order valence-corrected chi connectivity index (χ4v) is 2.78. The minimum atomic E-state index is -0.0372. The summed E-state index contributed by atoms with van der Waals surface area (Å²) in [5.41, 5.74) is 3.12. The molecule has 0 saturated carbocycles. The molecule has 6 heteroatoms. The van der Waals surface area contributed by atoms with Gasteiger partial charge in [0.05, 0.1) is 34.7 Å². The number of aromatic nitrogens is 4. The third-order valence-electron chi connectivity index (χ3n) is 3.46. The molecule has 0 spiro atoms. The van der Waals surface area contributed by atoms with Gasteiger partial charge >= 0.3 is 0 Å². The second kappa shape index (κ2) is 5.26. The number of hydrogen-bond acceptors (Lipinski definition) is 3. The van der Waals surface area contributed by atoms with Crippen molar-refractivity contribution in [2.45, 2.75) is 19.5 Å². The van der Waals surface area contributed by atoms with Crippen LogP contribution < -0.4 is 5.32 Å². The maximum atomic E-state index is 6.31. The second-order valence-electron chi connectivity index (χ2n) is 4.55. The predicted molar refractivity (Wildman–Crippen MR) is 79.0 cm³/mol. The fourth-order valence-electron chi connectivity index (χ4n) is 2.53. The van der Waals surface area contributed by atoms with Gasteiger partial charge in [-0.05, 0) is 26.1 Å². The van der Waals surface area contributed by atoms with Crippen molar-refractivity contribution >= 4 is 17.1 Å². The molecule has 0 aliphatic carbocycles. The Balaban J connectivity index is 2.16. The summed E-state index contributed by atoms with van der Waals surface area (Å²) < 4.78 is 3.77. The maximum absolute atomic E-state index is 6.31. The first-order chi connectivity index (χ1) is 9.76. The first-order valence-electron chi connectivity index (χ1n) is 6.57. The molecule has 0 aromatic carbocycles. The van der Waals surface area contributed by atoms with E-state index in [0.717, 1.165) is 23.3 Å². The normalized spacial score (nSPS) is 12.9. The Hall–Kier alpha value is -1.85. The van der Waals surface area contributed by atoms with Crippen LogP contribution in [0, 0.1) is 0 Å². The van der Waals surface area contributed by atoms with Crippen molar-refractivity contribution in [2.24, 2.45) is 0 Å². The van der Waals surface area contributed by atoms with Crippen LogP contribution in [0.2, 0.25) is 5.02 Å². The van der Waals surface area contributed by atoms with Crippen LogP contribution in [0.1, 0.15) is 24.2 Å². The van der Waals surface area contributed by atoms with E-state index in [1.165, 1.54) is 0 Å². The summed E-state index contributed by atoms with van der Waals surface area (Å²) >= 11 is 6.31. The highest BCUT2D eigenvalue weighted by Crippen LogP contribution is 2.30. The molecular weight excluding hydrogens is 274 g/mol. The molecule has 0 radical (unpaired) electrons. The summed E-state index contributed by atoms with van der Waals surface area (Å²) in [4.78, 5) is 0. The number of pyridine rings is 1. The van der Waals surface area contributed by atoms with Crippen LogP contribution in [0.3, 0.4) is 0 Å². The van der Waals surface area contributed by atoms with Crippen molar-refractivity contribution in [2.75, 3.05) is 7.05 Å². The van der Waals surface area contributed by atoms with E-state index in [9.17, 15) is 0 Å². The molecule has 0 fully saturated rings. The number of halogens is 1. The van der Waals surface area contributed by atoms with Crippen molar-refractivity contribution in [3.05, 3.63) is 53.1 Å². The van der Waals surface area contributed by atoms with Gasteiger partial charge in [0.25, 0.3) is 0 Å². The van der Waals surface area contributed by atoms with E-state index in [2.05, 4.69) is 22.4 Å². The minimum Gasteiger partial charge on any atom is -0.308 e. The Morgan fingerprint density at radius 3 is 2.90 bits per heavy atom. The zero-order valence-electron chi connectivity index (χ0n) is 11.4. The Morgan fingerprint density at radius 2 is 2.15 bits per heavy atom. The van der Waals surface area contributed by atoms with E-state index < -0.39 is 0 Å². The van der Waals surface area contributed by atoms with Gasteiger partial charge in [-0.15, -0.1) is 0 Å². The van der Waals surface area contributed by atoms with Gasteiger partial charge in [0, 0.05) is 18.3 Å². The molecule has 0 aliphatic heterocycles. The predicted octanol–water partition coefficient (Wildman–Crippen LogP) is 2.51. The Bertz CT molecular complexity index is 730.